The molecule has 0 bridgehead atoms. The molecule has 4 heteroatoms. The molecule has 72 valence electrons. The normalized spacial score (nSPS) is 12.8. The number of aryl methyl sites for hydroxylation is 1. The average Bonchev–Trinajstić information content (AvgIpc) is 2.33. The van der Waals surface area contributed by atoms with Gasteiger partial charge in [-0.2, -0.15) is 0 Å². The Labute approximate surface area is 76.3 Å². The summed E-state index contributed by atoms with van der Waals surface area (Å²) >= 11 is 0. The molecule has 0 aliphatic heterocycles. The monoisotopic (exact) mass is 183 g/mol. The van der Waals surface area contributed by atoms with Gasteiger partial charge >= 0.3 is 5.97 Å². The van der Waals surface area contributed by atoms with Gasteiger partial charge in [0, 0.05) is 12.5 Å². The lowest BCUT2D eigenvalue weighted by molar-refractivity contribution is -0.137. The Bertz CT molecular complexity index is 293. The predicted molar refractivity (Wildman–Crippen MR) is 47.4 cm³/mol. The molecule has 1 heterocycles. The molecule has 1 unspecified atom stereocenters. The summed E-state index contributed by atoms with van der Waals surface area (Å²) in [5.74, 6) is 0.680. The highest BCUT2D eigenvalue weighted by molar-refractivity contribution is 5.67. The molecule has 0 radical (unpaired) electrons. The van der Waals surface area contributed by atoms with Gasteiger partial charge in [0.05, 0.1) is 6.42 Å². The van der Waals surface area contributed by atoms with Crippen LogP contribution >= 0.6 is 0 Å². The topological polar surface area (TPSA) is 76.5 Å². The highest BCUT2D eigenvalue weighted by atomic mass is 16.4. The summed E-state index contributed by atoms with van der Waals surface area (Å²) < 4.78 is 5.26. The van der Waals surface area contributed by atoms with Gasteiger partial charge in [0.1, 0.15) is 11.5 Å². The van der Waals surface area contributed by atoms with E-state index in [0.29, 0.717) is 6.42 Å². The fraction of sp³-hybridized carbons (Fsp3) is 0.444. The van der Waals surface area contributed by atoms with Gasteiger partial charge < -0.3 is 15.3 Å². The summed E-state index contributed by atoms with van der Waals surface area (Å²) in [4.78, 5) is 10.3. The zero-order valence-electron chi connectivity index (χ0n) is 7.49. The second-order valence-electron chi connectivity index (χ2n) is 3.07. The van der Waals surface area contributed by atoms with Crippen molar-refractivity contribution < 1.29 is 14.3 Å². The van der Waals surface area contributed by atoms with E-state index in [1.165, 1.54) is 0 Å². The first-order chi connectivity index (χ1) is 6.08. The number of carboxylic acids is 1. The van der Waals surface area contributed by atoms with Crippen LogP contribution in [0.2, 0.25) is 0 Å². The van der Waals surface area contributed by atoms with Crippen LogP contribution in [0.4, 0.5) is 0 Å². The maximum atomic E-state index is 10.3. The van der Waals surface area contributed by atoms with Crippen molar-refractivity contribution in [1.29, 1.82) is 0 Å². The van der Waals surface area contributed by atoms with Crippen molar-refractivity contribution in [2.75, 3.05) is 0 Å². The molecule has 4 nitrogen and oxygen atoms in total. The number of hydrogen-bond donors (Lipinski definition) is 2. The van der Waals surface area contributed by atoms with Crippen LogP contribution in [-0.2, 0) is 11.2 Å². The maximum absolute atomic E-state index is 10.3. The van der Waals surface area contributed by atoms with Gasteiger partial charge in [0.15, 0.2) is 0 Å². The molecule has 0 amide bonds. The van der Waals surface area contributed by atoms with Crippen LogP contribution in [0.5, 0.6) is 0 Å². The van der Waals surface area contributed by atoms with E-state index in [1.54, 1.807) is 0 Å². The predicted octanol–water partition coefficient (Wildman–Crippen LogP) is 0.933. The third-order valence-corrected chi connectivity index (χ3v) is 1.70. The summed E-state index contributed by atoms with van der Waals surface area (Å²) in [6, 6.07) is 3.28. The summed E-state index contributed by atoms with van der Waals surface area (Å²) in [5, 5.41) is 8.46. The number of nitrogens with two attached hydrogens (primary N) is 1. The third-order valence-electron chi connectivity index (χ3n) is 1.70. The van der Waals surface area contributed by atoms with E-state index in [-0.39, 0.29) is 12.5 Å². The van der Waals surface area contributed by atoms with Crippen molar-refractivity contribution in [3.63, 3.8) is 0 Å². The standard InChI is InChI=1S/C9H13NO3/c1-6-2-3-8(13-6)4-7(10)5-9(11)12/h2-3,7H,4-5,10H2,1H3,(H,11,12). The van der Waals surface area contributed by atoms with Crippen molar-refractivity contribution in [2.24, 2.45) is 5.73 Å². The van der Waals surface area contributed by atoms with Crippen molar-refractivity contribution >= 4 is 5.97 Å². The minimum absolute atomic E-state index is 0.0280. The molecule has 0 aliphatic carbocycles. The zero-order valence-corrected chi connectivity index (χ0v) is 7.49. The number of rotatable bonds is 4. The molecule has 1 rings (SSSR count). The molecular weight excluding hydrogens is 170 g/mol. The van der Waals surface area contributed by atoms with E-state index >= 15 is 0 Å². The summed E-state index contributed by atoms with van der Waals surface area (Å²) in [7, 11) is 0. The Morgan fingerprint density at radius 2 is 2.38 bits per heavy atom. The van der Waals surface area contributed by atoms with Crippen LogP contribution in [0, 0.1) is 6.92 Å². The van der Waals surface area contributed by atoms with Crippen molar-refractivity contribution in [3.8, 4) is 0 Å². The zero-order chi connectivity index (χ0) is 9.84. The molecule has 3 N–H and O–H groups in total. The van der Waals surface area contributed by atoms with Crippen molar-refractivity contribution in [1.82, 2.24) is 0 Å². The number of hydrogen-bond acceptors (Lipinski definition) is 3. The molecule has 0 saturated heterocycles. The molecule has 0 saturated carbocycles. The molecule has 13 heavy (non-hydrogen) atoms. The lowest BCUT2D eigenvalue weighted by Gasteiger charge is -2.05. The van der Waals surface area contributed by atoms with Gasteiger partial charge in [0.2, 0.25) is 0 Å². The first kappa shape index (κ1) is 9.80. The first-order valence-electron chi connectivity index (χ1n) is 4.10. The van der Waals surface area contributed by atoms with E-state index in [1.807, 2.05) is 19.1 Å². The Balaban J connectivity index is 2.44. The molecule has 1 atom stereocenters. The number of aliphatic carboxylic acids is 1. The average molecular weight is 183 g/mol. The van der Waals surface area contributed by atoms with E-state index < -0.39 is 5.97 Å². The van der Waals surface area contributed by atoms with Gasteiger partial charge in [0.25, 0.3) is 0 Å². The SMILES string of the molecule is Cc1ccc(CC(N)CC(=O)O)o1. The largest absolute Gasteiger partial charge is 0.481 e. The molecule has 1 aromatic rings. The summed E-state index contributed by atoms with van der Waals surface area (Å²) in [6.45, 7) is 1.84. The molecular formula is C9H13NO3. The lowest BCUT2D eigenvalue weighted by Crippen LogP contribution is -2.25. The Kier molecular flexibility index (Phi) is 3.08. The van der Waals surface area contributed by atoms with Gasteiger partial charge in [-0.25, -0.2) is 0 Å². The van der Waals surface area contributed by atoms with E-state index in [0.717, 1.165) is 11.5 Å². The maximum Gasteiger partial charge on any atom is 0.304 e. The summed E-state index contributed by atoms with van der Waals surface area (Å²) in [6.07, 6.45) is 0.444. The molecule has 0 aromatic carbocycles. The quantitative estimate of drug-likeness (QED) is 0.728. The second-order valence-corrected chi connectivity index (χ2v) is 3.07. The van der Waals surface area contributed by atoms with Gasteiger partial charge in [-0.1, -0.05) is 0 Å². The fourth-order valence-corrected chi connectivity index (χ4v) is 1.15. The first-order valence-corrected chi connectivity index (χ1v) is 4.10. The van der Waals surface area contributed by atoms with Gasteiger partial charge in [-0.3, -0.25) is 4.79 Å². The summed E-state index contributed by atoms with van der Waals surface area (Å²) in [5.41, 5.74) is 5.58. The highest BCUT2D eigenvalue weighted by Crippen LogP contribution is 2.09. The van der Waals surface area contributed by atoms with Crippen LogP contribution in [0.1, 0.15) is 17.9 Å². The van der Waals surface area contributed by atoms with Crippen LogP contribution in [0.25, 0.3) is 0 Å². The van der Waals surface area contributed by atoms with Crippen LogP contribution in [0.3, 0.4) is 0 Å². The fourth-order valence-electron chi connectivity index (χ4n) is 1.15. The van der Waals surface area contributed by atoms with Crippen LogP contribution < -0.4 is 5.73 Å². The van der Waals surface area contributed by atoms with Crippen molar-refractivity contribution in [3.05, 3.63) is 23.7 Å². The minimum Gasteiger partial charge on any atom is -0.481 e. The van der Waals surface area contributed by atoms with Crippen LogP contribution in [0.15, 0.2) is 16.5 Å². The smallest absolute Gasteiger partial charge is 0.304 e. The minimum atomic E-state index is -0.879. The Morgan fingerprint density at radius 1 is 1.69 bits per heavy atom. The van der Waals surface area contributed by atoms with E-state index in [9.17, 15) is 4.79 Å². The van der Waals surface area contributed by atoms with Crippen LogP contribution in [-0.4, -0.2) is 17.1 Å². The van der Waals surface area contributed by atoms with E-state index in [2.05, 4.69) is 0 Å². The third kappa shape index (κ3) is 3.29. The molecule has 0 spiro atoms. The molecule has 0 fully saturated rings. The lowest BCUT2D eigenvalue weighted by atomic mass is 10.1. The van der Waals surface area contributed by atoms with Gasteiger partial charge in [-0.15, -0.1) is 0 Å². The molecule has 0 aliphatic rings. The van der Waals surface area contributed by atoms with E-state index in [4.69, 9.17) is 15.3 Å². The number of carboxylic acid groups (broad SMARTS) is 1. The number of furan rings is 1. The highest BCUT2D eigenvalue weighted by Gasteiger charge is 2.10. The molecule has 1 aromatic heterocycles. The van der Waals surface area contributed by atoms with Crippen molar-refractivity contribution in [2.45, 2.75) is 25.8 Å². The Morgan fingerprint density at radius 3 is 2.85 bits per heavy atom. The Hall–Kier alpha value is -1.29. The second kappa shape index (κ2) is 4.09. The number of carbonyl (C=O) groups is 1. The van der Waals surface area contributed by atoms with Gasteiger partial charge in [-0.05, 0) is 19.1 Å².